The van der Waals surface area contributed by atoms with Crippen molar-refractivity contribution >= 4 is 22.6 Å². The number of esters is 1. The highest BCUT2D eigenvalue weighted by Crippen LogP contribution is 2.51. The molecule has 4 heterocycles. The van der Waals surface area contributed by atoms with Gasteiger partial charge in [-0.1, -0.05) is 24.3 Å². The molecule has 5 nitrogen and oxygen atoms in total. The van der Waals surface area contributed by atoms with Crippen molar-refractivity contribution in [2.75, 3.05) is 18.0 Å². The molecule has 0 aliphatic carbocycles. The number of piperidine rings is 1. The highest BCUT2D eigenvalue weighted by Gasteiger charge is 2.53. The molecule has 2 aromatic carbocycles. The zero-order valence-corrected chi connectivity index (χ0v) is 20.7. The number of anilines is 1. The van der Waals surface area contributed by atoms with E-state index in [0.717, 1.165) is 52.9 Å². The van der Waals surface area contributed by atoms with Gasteiger partial charge in [-0.2, -0.15) is 0 Å². The van der Waals surface area contributed by atoms with Crippen molar-refractivity contribution in [3.63, 3.8) is 0 Å². The van der Waals surface area contributed by atoms with Crippen molar-refractivity contribution in [2.45, 2.75) is 52.2 Å². The van der Waals surface area contributed by atoms with Crippen LogP contribution in [-0.4, -0.2) is 28.6 Å². The number of pyridine rings is 1. The Labute approximate surface area is 206 Å². The average Bonchev–Trinajstić information content (AvgIpc) is 3.35. The van der Waals surface area contributed by atoms with Crippen molar-refractivity contribution in [1.29, 1.82) is 0 Å². The van der Waals surface area contributed by atoms with Gasteiger partial charge in [-0.15, -0.1) is 0 Å². The second-order valence-corrected chi connectivity index (χ2v) is 9.74. The highest BCUT2D eigenvalue weighted by atomic mass is 16.6. The minimum Gasteiger partial charge on any atom is -0.439 e. The van der Waals surface area contributed by atoms with Crippen LogP contribution in [0.3, 0.4) is 0 Å². The molecule has 1 saturated heterocycles. The van der Waals surface area contributed by atoms with Crippen LogP contribution in [0.15, 0.2) is 60.8 Å². The number of aryl methyl sites for hydroxylation is 2. The van der Waals surface area contributed by atoms with Gasteiger partial charge in [-0.25, -0.2) is 4.79 Å². The summed E-state index contributed by atoms with van der Waals surface area (Å²) in [5.74, 6) is -0.319. The van der Waals surface area contributed by atoms with Gasteiger partial charge in [0.05, 0.1) is 5.56 Å². The van der Waals surface area contributed by atoms with Crippen molar-refractivity contribution in [1.82, 2.24) is 9.55 Å². The Hall–Kier alpha value is -3.60. The molecule has 0 spiro atoms. The first kappa shape index (κ1) is 21.9. The van der Waals surface area contributed by atoms with Crippen LogP contribution in [0.5, 0.6) is 0 Å². The molecule has 5 heteroatoms. The Morgan fingerprint density at radius 2 is 1.80 bits per heavy atom. The Kier molecular flexibility index (Phi) is 5.17. The van der Waals surface area contributed by atoms with Gasteiger partial charge in [0.15, 0.2) is 0 Å². The molecular weight excluding hydrogens is 434 g/mol. The number of benzene rings is 2. The van der Waals surface area contributed by atoms with Crippen LogP contribution in [0.25, 0.3) is 10.9 Å². The average molecular weight is 466 g/mol. The number of carbonyl (C=O) groups excluding carboxylic acids is 1. The minimum absolute atomic E-state index is 0.319. The summed E-state index contributed by atoms with van der Waals surface area (Å²) in [7, 11) is 0. The van der Waals surface area contributed by atoms with Gasteiger partial charge in [0.1, 0.15) is 5.69 Å². The molecule has 1 atom stereocenters. The molecule has 35 heavy (non-hydrogen) atoms. The van der Waals surface area contributed by atoms with Gasteiger partial charge >= 0.3 is 5.97 Å². The van der Waals surface area contributed by atoms with Crippen LogP contribution >= 0.6 is 0 Å². The summed E-state index contributed by atoms with van der Waals surface area (Å²) >= 11 is 0. The van der Waals surface area contributed by atoms with Crippen LogP contribution < -0.4 is 4.90 Å². The van der Waals surface area contributed by atoms with Crippen LogP contribution in [0.1, 0.15) is 64.6 Å². The fourth-order valence-corrected chi connectivity index (χ4v) is 6.25. The van der Waals surface area contributed by atoms with Crippen molar-refractivity contribution in [2.24, 2.45) is 0 Å². The molecule has 1 fully saturated rings. The first-order valence-corrected chi connectivity index (χ1v) is 12.7. The summed E-state index contributed by atoms with van der Waals surface area (Å²) in [4.78, 5) is 20.6. The fraction of sp³-hybridized carbons (Fsp3) is 0.333. The molecule has 0 saturated carbocycles. The molecule has 178 valence electrons. The summed E-state index contributed by atoms with van der Waals surface area (Å²) < 4.78 is 8.78. The summed E-state index contributed by atoms with van der Waals surface area (Å²) in [5, 5.41) is 1.10. The zero-order chi connectivity index (χ0) is 24.2. The van der Waals surface area contributed by atoms with E-state index in [4.69, 9.17) is 9.72 Å². The molecule has 1 unspecified atom stereocenters. The maximum absolute atomic E-state index is 13.3. The third kappa shape index (κ3) is 3.14. The number of fused-ring (bicyclic) bond motifs is 2. The SMILES string of the molecule is CCn1c(C)c(C2(c3ccc(N4CCCCC4)cc3C)OC(=O)c3cccnc32)c2ccccc21. The number of aromatic nitrogens is 2. The van der Waals surface area contributed by atoms with Crippen molar-refractivity contribution in [3.05, 3.63) is 94.4 Å². The normalized spacial score (nSPS) is 19.7. The van der Waals surface area contributed by atoms with E-state index in [2.05, 4.69) is 72.7 Å². The van der Waals surface area contributed by atoms with Gasteiger partial charge in [0.25, 0.3) is 0 Å². The summed E-state index contributed by atoms with van der Waals surface area (Å²) in [6, 6.07) is 18.7. The monoisotopic (exact) mass is 465 g/mol. The van der Waals surface area contributed by atoms with Crippen LogP contribution in [0.2, 0.25) is 0 Å². The van der Waals surface area contributed by atoms with Crippen molar-refractivity contribution < 1.29 is 9.53 Å². The summed E-state index contributed by atoms with van der Waals surface area (Å²) in [6.07, 6.45) is 5.53. The van der Waals surface area contributed by atoms with Crippen LogP contribution in [-0.2, 0) is 16.9 Å². The minimum atomic E-state index is -1.09. The molecule has 0 bridgehead atoms. The quantitative estimate of drug-likeness (QED) is 0.340. The largest absolute Gasteiger partial charge is 0.439 e. The van der Waals surface area contributed by atoms with E-state index in [1.807, 2.05) is 12.1 Å². The van der Waals surface area contributed by atoms with Gasteiger partial charge in [-0.3, -0.25) is 4.98 Å². The number of hydrogen-bond acceptors (Lipinski definition) is 4. The molecule has 2 aliphatic rings. The lowest BCUT2D eigenvalue weighted by atomic mass is 9.79. The molecular formula is C30H31N3O2. The molecule has 6 rings (SSSR count). The van der Waals surface area contributed by atoms with Crippen LogP contribution in [0, 0.1) is 13.8 Å². The van der Waals surface area contributed by atoms with Crippen LogP contribution in [0.4, 0.5) is 5.69 Å². The Balaban J connectivity index is 1.65. The van der Waals surface area contributed by atoms with E-state index in [0.29, 0.717) is 11.3 Å². The van der Waals surface area contributed by atoms with E-state index in [1.165, 1.54) is 24.9 Å². The summed E-state index contributed by atoms with van der Waals surface area (Å²) in [6.45, 7) is 9.43. The molecule has 0 N–H and O–H groups in total. The highest BCUT2D eigenvalue weighted by molar-refractivity contribution is 5.98. The van der Waals surface area contributed by atoms with Crippen molar-refractivity contribution in [3.8, 4) is 0 Å². The lowest BCUT2D eigenvalue weighted by Gasteiger charge is -2.33. The molecule has 2 aromatic heterocycles. The number of para-hydroxylation sites is 1. The number of carbonyl (C=O) groups is 1. The second-order valence-electron chi connectivity index (χ2n) is 9.74. The van der Waals surface area contributed by atoms with Gasteiger partial charge < -0.3 is 14.2 Å². The van der Waals surface area contributed by atoms with Gasteiger partial charge in [0, 0.05) is 59.2 Å². The van der Waals surface area contributed by atoms with E-state index in [9.17, 15) is 4.79 Å². The molecule has 0 amide bonds. The predicted molar refractivity (Wildman–Crippen MR) is 139 cm³/mol. The molecule has 2 aliphatic heterocycles. The smallest absolute Gasteiger partial charge is 0.341 e. The zero-order valence-electron chi connectivity index (χ0n) is 20.7. The maximum atomic E-state index is 13.3. The lowest BCUT2D eigenvalue weighted by Crippen LogP contribution is -2.33. The number of rotatable bonds is 4. The van der Waals surface area contributed by atoms with Gasteiger partial charge in [0.2, 0.25) is 5.60 Å². The standard InChI is InChI=1S/C30H31N3O2/c1-4-33-21(3)27(23-11-6-7-13-26(23)33)30(28-24(29(34)35-30)12-10-16-31-28)25-15-14-22(19-20(25)2)32-17-8-5-9-18-32/h6-7,10-16,19H,4-5,8-9,17-18H2,1-3H3. The number of hydrogen-bond donors (Lipinski definition) is 0. The lowest BCUT2D eigenvalue weighted by molar-refractivity contribution is 0.0244. The number of cyclic esters (lactones) is 1. The Morgan fingerprint density at radius 1 is 1.00 bits per heavy atom. The topological polar surface area (TPSA) is 47.4 Å². The van der Waals surface area contributed by atoms with E-state index in [-0.39, 0.29) is 5.97 Å². The number of nitrogens with zero attached hydrogens (tertiary/aromatic N) is 3. The maximum Gasteiger partial charge on any atom is 0.341 e. The fourth-order valence-electron chi connectivity index (χ4n) is 6.25. The second kappa shape index (κ2) is 8.26. The molecule has 4 aromatic rings. The Bertz CT molecular complexity index is 1450. The summed E-state index contributed by atoms with van der Waals surface area (Å²) in [5.41, 5.74) is 6.69. The van der Waals surface area contributed by atoms with E-state index in [1.54, 1.807) is 6.20 Å². The third-order valence-electron chi connectivity index (χ3n) is 7.82. The van der Waals surface area contributed by atoms with Gasteiger partial charge in [-0.05, 0) is 75.9 Å². The van der Waals surface area contributed by atoms with E-state index >= 15 is 0 Å². The third-order valence-corrected chi connectivity index (χ3v) is 7.82. The van der Waals surface area contributed by atoms with E-state index < -0.39 is 5.60 Å². The molecule has 0 radical (unpaired) electrons. The Morgan fingerprint density at radius 3 is 2.57 bits per heavy atom. The first-order valence-electron chi connectivity index (χ1n) is 12.7. The first-order chi connectivity index (χ1) is 17.1. The predicted octanol–water partition coefficient (Wildman–Crippen LogP) is 6.13. The number of ether oxygens (including phenoxy) is 1.